The van der Waals surface area contributed by atoms with Gasteiger partial charge in [0.2, 0.25) is 0 Å². The number of amides is 2. The lowest BCUT2D eigenvalue weighted by molar-refractivity contribution is -0.274. The van der Waals surface area contributed by atoms with Gasteiger partial charge in [0, 0.05) is 34.3 Å². The van der Waals surface area contributed by atoms with Crippen molar-refractivity contribution in [3.63, 3.8) is 0 Å². The number of carbonyl (C=O) groups excluding carboxylic acids is 2. The van der Waals surface area contributed by atoms with Crippen molar-refractivity contribution in [2.75, 3.05) is 16.8 Å². The fourth-order valence-electron chi connectivity index (χ4n) is 6.83. The van der Waals surface area contributed by atoms with Crippen molar-refractivity contribution in [3.8, 4) is 0 Å². The number of fused-ring (bicyclic) bond motifs is 2. The summed E-state index contributed by atoms with van der Waals surface area (Å²) >= 11 is 6.40. The number of halogens is 1. The zero-order chi connectivity index (χ0) is 31.4. The van der Waals surface area contributed by atoms with Gasteiger partial charge in [-0.2, -0.15) is 0 Å². The van der Waals surface area contributed by atoms with Crippen LogP contribution in [0.2, 0.25) is 23.7 Å². The molecule has 0 aromatic heterocycles. The summed E-state index contributed by atoms with van der Waals surface area (Å²) in [6.07, 6.45) is -9.10. The zero-order valence-electron chi connectivity index (χ0n) is 23.9. The van der Waals surface area contributed by atoms with Crippen molar-refractivity contribution >= 4 is 43.1 Å². The van der Waals surface area contributed by atoms with Gasteiger partial charge in [-0.15, -0.1) is 0 Å². The topological polar surface area (TPSA) is 189 Å². The molecule has 234 valence electrons. The molecule has 0 saturated carbocycles. The van der Waals surface area contributed by atoms with E-state index in [1.54, 1.807) is 60.5 Å². The summed E-state index contributed by atoms with van der Waals surface area (Å²) in [6, 6.07) is 11.8. The number of anilines is 2. The molecule has 43 heavy (non-hydrogen) atoms. The van der Waals surface area contributed by atoms with E-state index >= 15 is 0 Å². The number of hydrogen-bond acceptors (Lipinski definition) is 10. The van der Waals surface area contributed by atoms with Gasteiger partial charge in [0.1, 0.15) is 18.3 Å². The number of nitrogens with one attached hydrogen (secondary N) is 1. The minimum Gasteiger partial charge on any atom is -0.432 e. The molecule has 0 unspecified atom stereocenters. The van der Waals surface area contributed by atoms with E-state index in [1.807, 2.05) is 6.92 Å². The van der Waals surface area contributed by atoms with Crippen LogP contribution in [-0.2, 0) is 31.2 Å². The second-order valence-corrected chi connectivity index (χ2v) is 16.4. The third-order valence-electron chi connectivity index (χ3n) is 8.74. The van der Waals surface area contributed by atoms with Crippen LogP contribution in [0.3, 0.4) is 0 Å². The first-order valence-electron chi connectivity index (χ1n) is 14.1. The van der Waals surface area contributed by atoms with E-state index in [4.69, 9.17) is 21.1 Å². The number of aliphatic hydroxyl groups excluding tert-OH is 5. The molecule has 0 aliphatic carbocycles. The molecule has 5 rings (SSSR count). The van der Waals surface area contributed by atoms with Crippen LogP contribution in [0, 0.1) is 5.92 Å². The molecular formula is C29H37ClN2O10Si. The van der Waals surface area contributed by atoms with Gasteiger partial charge < -0.3 is 50.0 Å². The van der Waals surface area contributed by atoms with Crippen molar-refractivity contribution < 1.29 is 49.4 Å². The van der Waals surface area contributed by atoms with Crippen LogP contribution in [0.15, 0.2) is 42.5 Å². The van der Waals surface area contributed by atoms with E-state index in [9.17, 15) is 39.9 Å². The minimum atomic E-state index is -2.85. The van der Waals surface area contributed by atoms with E-state index in [0.29, 0.717) is 27.5 Å². The Kier molecular flexibility index (Phi) is 8.79. The lowest BCUT2D eigenvalue weighted by Gasteiger charge is -2.37. The zero-order valence-corrected chi connectivity index (χ0v) is 25.7. The van der Waals surface area contributed by atoms with Crippen LogP contribution < -0.4 is 10.2 Å². The number of carbonyl (C=O) groups is 2. The van der Waals surface area contributed by atoms with Crippen LogP contribution in [0.4, 0.5) is 11.4 Å². The average Bonchev–Trinajstić information content (AvgIpc) is 3.36. The summed E-state index contributed by atoms with van der Waals surface area (Å²) in [5.74, 6) is -1.59. The molecule has 1 spiro atoms. The first kappa shape index (κ1) is 32.0. The minimum absolute atomic E-state index is 0.0937. The first-order chi connectivity index (χ1) is 20.2. The molecule has 7 N–H and O–H groups in total. The van der Waals surface area contributed by atoms with E-state index in [1.165, 1.54) is 0 Å². The number of rotatable bonds is 7. The highest BCUT2D eigenvalue weighted by atomic mass is 35.5. The molecular weight excluding hydrogens is 600 g/mol. The summed E-state index contributed by atoms with van der Waals surface area (Å²) in [6.45, 7) is 5.43. The van der Waals surface area contributed by atoms with Crippen molar-refractivity contribution in [2.45, 2.75) is 80.9 Å². The van der Waals surface area contributed by atoms with Gasteiger partial charge in [0.25, 0.3) is 11.8 Å². The van der Waals surface area contributed by atoms with Crippen LogP contribution in [-0.4, -0.2) is 93.9 Å². The molecule has 3 aliphatic heterocycles. The molecule has 3 aliphatic rings. The van der Waals surface area contributed by atoms with Crippen LogP contribution in [0.5, 0.6) is 0 Å². The highest BCUT2D eigenvalue weighted by Gasteiger charge is 2.66. The monoisotopic (exact) mass is 636 g/mol. The quantitative estimate of drug-likeness (QED) is 0.214. The maximum Gasteiger partial charge on any atom is 0.264 e. The average molecular weight is 637 g/mol. The Morgan fingerprint density at radius 1 is 1.09 bits per heavy atom. The molecule has 0 radical (unpaired) electrons. The number of hydrogen-bond donors (Lipinski definition) is 7. The lowest BCUT2D eigenvalue weighted by Crippen LogP contribution is -2.60. The molecule has 2 amide bonds. The van der Waals surface area contributed by atoms with Gasteiger partial charge in [-0.3, -0.25) is 9.59 Å². The Balaban J connectivity index is 1.42. The number of aliphatic hydroxyl groups is 5. The van der Waals surface area contributed by atoms with Gasteiger partial charge in [-0.1, -0.05) is 30.7 Å². The third kappa shape index (κ3) is 5.52. The number of benzene rings is 2. The van der Waals surface area contributed by atoms with Crippen molar-refractivity contribution in [1.29, 1.82) is 0 Å². The Hall–Kier alpha value is -2.43. The van der Waals surface area contributed by atoms with E-state index in [0.717, 1.165) is 0 Å². The van der Waals surface area contributed by atoms with E-state index in [-0.39, 0.29) is 31.0 Å². The van der Waals surface area contributed by atoms with Crippen molar-refractivity contribution in [2.24, 2.45) is 5.92 Å². The largest absolute Gasteiger partial charge is 0.432 e. The molecule has 0 bridgehead atoms. The Bertz CT molecular complexity index is 1390. The second-order valence-electron chi connectivity index (χ2n) is 12.0. The maximum absolute atomic E-state index is 14.4. The standard InChI is InChI=1S/C29H37ClN2O10Si/c1-14-25(43(2,3)40)20(9-10-33)42-29(14)18-12-16(30)7-8-19(18)32(28(29)39)13-15-5-4-6-17(11-15)31-26(37)24-22(35)21(34)23(36)27(38)41-24/h4-8,11-12,14,20-25,27,33-36,38,40H,9-10,13H2,1-3H3,(H,31,37)/t14-,20+,21-,22-,23+,24-,25-,27+,29+/m0/s1. The highest BCUT2D eigenvalue weighted by molar-refractivity contribution is 6.71. The van der Waals surface area contributed by atoms with Crippen LogP contribution in [0.25, 0.3) is 0 Å². The Morgan fingerprint density at radius 3 is 2.49 bits per heavy atom. The number of nitrogens with zero attached hydrogens (tertiary/aromatic N) is 1. The SMILES string of the molecule is C[C@H]1[C@H]([Si](C)(C)O)[C@@H](CCO)O[C@]12C(=O)N(Cc1cccc(NC(=O)[C@H]3O[C@@H](O)[C@H](O)[C@@H](O)[C@@H]3O)c1)c1ccc(Cl)cc12. The molecule has 2 aromatic carbocycles. The third-order valence-corrected chi connectivity index (χ3v) is 11.5. The molecule has 2 fully saturated rings. The summed E-state index contributed by atoms with van der Waals surface area (Å²) < 4.78 is 11.6. The van der Waals surface area contributed by atoms with Crippen molar-refractivity contribution in [3.05, 3.63) is 58.6 Å². The van der Waals surface area contributed by atoms with Gasteiger partial charge in [-0.05, 0) is 55.4 Å². The van der Waals surface area contributed by atoms with Gasteiger partial charge in [0.05, 0.1) is 18.3 Å². The Morgan fingerprint density at radius 2 is 1.81 bits per heavy atom. The number of ether oxygens (including phenoxy) is 2. The predicted molar refractivity (Wildman–Crippen MR) is 157 cm³/mol. The lowest BCUT2D eigenvalue weighted by atomic mass is 9.82. The summed E-state index contributed by atoms with van der Waals surface area (Å²) in [7, 11) is -2.85. The summed E-state index contributed by atoms with van der Waals surface area (Å²) in [5.41, 5.74) is 0.377. The highest BCUT2D eigenvalue weighted by Crippen LogP contribution is 2.60. The van der Waals surface area contributed by atoms with Gasteiger partial charge in [-0.25, -0.2) is 0 Å². The summed E-state index contributed by atoms with van der Waals surface area (Å²) in [5, 5.41) is 52.4. The van der Waals surface area contributed by atoms with Crippen molar-refractivity contribution in [1.82, 2.24) is 0 Å². The molecule has 3 heterocycles. The smallest absolute Gasteiger partial charge is 0.264 e. The van der Waals surface area contributed by atoms with Gasteiger partial charge >= 0.3 is 0 Å². The fourth-order valence-corrected chi connectivity index (χ4v) is 9.60. The van der Waals surface area contributed by atoms with Gasteiger partial charge in [0.15, 0.2) is 26.3 Å². The molecule has 12 nitrogen and oxygen atoms in total. The normalized spacial score (nSPS) is 34.1. The second kappa shape index (κ2) is 11.8. The first-order valence-corrected chi connectivity index (χ1v) is 17.5. The molecule has 2 aromatic rings. The van der Waals surface area contributed by atoms with Crippen LogP contribution >= 0.6 is 11.6 Å². The predicted octanol–water partition coefficient (Wildman–Crippen LogP) is 0.805. The Labute approximate surface area is 254 Å². The molecule has 14 heteroatoms. The van der Waals surface area contributed by atoms with E-state index in [2.05, 4.69) is 5.32 Å². The van der Waals surface area contributed by atoms with E-state index < -0.39 is 62.6 Å². The maximum atomic E-state index is 14.4. The summed E-state index contributed by atoms with van der Waals surface area (Å²) in [4.78, 5) is 40.0. The molecule has 9 atom stereocenters. The fraction of sp³-hybridized carbons (Fsp3) is 0.517. The molecule has 2 saturated heterocycles. The van der Waals surface area contributed by atoms with Crippen LogP contribution in [0.1, 0.15) is 24.5 Å².